The lowest BCUT2D eigenvalue weighted by Crippen LogP contribution is -2.13. The zero-order valence-corrected chi connectivity index (χ0v) is 12.4. The van der Waals surface area contributed by atoms with Crippen LogP contribution in [0.5, 0.6) is 0 Å². The van der Waals surface area contributed by atoms with Crippen LogP contribution < -0.4 is 5.73 Å². The molecule has 0 radical (unpaired) electrons. The summed E-state index contributed by atoms with van der Waals surface area (Å²) < 4.78 is 1.08. The molecule has 0 fully saturated rings. The minimum Gasteiger partial charge on any atom is -0.324 e. The van der Waals surface area contributed by atoms with E-state index in [0.717, 1.165) is 27.5 Å². The summed E-state index contributed by atoms with van der Waals surface area (Å²) in [5, 5.41) is 0. The van der Waals surface area contributed by atoms with Gasteiger partial charge in [0.05, 0.1) is 11.0 Å². The van der Waals surface area contributed by atoms with Gasteiger partial charge < -0.3 is 5.73 Å². The highest BCUT2D eigenvalue weighted by molar-refractivity contribution is 9.10. The van der Waals surface area contributed by atoms with Crippen molar-refractivity contribution >= 4 is 27.0 Å². The normalized spacial score (nSPS) is 12.5. The summed E-state index contributed by atoms with van der Waals surface area (Å²) in [4.78, 5) is 8.59. The van der Waals surface area contributed by atoms with Gasteiger partial charge in [0.2, 0.25) is 0 Å². The fourth-order valence-electron chi connectivity index (χ4n) is 2.25. The number of aromatic nitrogens is 2. The van der Waals surface area contributed by atoms with Crippen molar-refractivity contribution < 1.29 is 0 Å². The maximum absolute atomic E-state index is 6.30. The molecule has 4 heteroatoms. The quantitative estimate of drug-likeness (QED) is 0.799. The molecule has 0 amide bonds. The highest BCUT2D eigenvalue weighted by Gasteiger charge is 2.09. The lowest BCUT2D eigenvalue weighted by atomic mass is 9.99. The zero-order valence-electron chi connectivity index (χ0n) is 10.8. The Kier molecular flexibility index (Phi) is 3.76. The third kappa shape index (κ3) is 2.86. The second-order valence-electron chi connectivity index (χ2n) is 4.75. The smallest absolute Gasteiger partial charge is 0.0890 e. The first-order chi connectivity index (χ1) is 9.72. The van der Waals surface area contributed by atoms with Crippen molar-refractivity contribution in [3.63, 3.8) is 0 Å². The van der Waals surface area contributed by atoms with Gasteiger partial charge in [-0.15, -0.1) is 0 Å². The van der Waals surface area contributed by atoms with Crippen molar-refractivity contribution in [3.05, 3.63) is 70.5 Å². The minimum absolute atomic E-state index is 0.0456. The highest BCUT2D eigenvalue weighted by atomic mass is 79.9. The fourth-order valence-corrected chi connectivity index (χ4v) is 2.69. The van der Waals surface area contributed by atoms with Crippen molar-refractivity contribution in [2.24, 2.45) is 5.73 Å². The van der Waals surface area contributed by atoms with Gasteiger partial charge >= 0.3 is 0 Å². The van der Waals surface area contributed by atoms with Crippen LogP contribution in [-0.4, -0.2) is 9.97 Å². The molecular weight excluding hydrogens is 314 g/mol. The first-order valence-corrected chi connectivity index (χ1v) is 7.22. The van der Waals surface area contributed by atoms with E-state index in [1.54, 1.807) is 12.4 Å². The molecule has 0 saturated carbocycles. The third-order valence-corrected chi connectivity index (χ3v) is 3.76. The van der Waals surface area contributed by atoms with Gasteiger partial charge in [0.15, 0.2) is 0 Å². The van der Waals surface area contributed by atoms with Crippen LogP contribution >= 0.6 is 15.9 Å². The number of fused-ring (bicyclic) bond motifs is 1. The number of nitrogens with two attached hydrogens (primary N) is 1. The number of nitrogens with zero attached hydrogens (tertiary/aromatic N) is 2. The van der Waals surface area contributed by atoms with E-state index in [-0.39, 0.29) is 6.04 Å². The largest absolute Gasteiger partial charge is 0.324 e. The fraction of sp³-hybridized carbons (Fsp3) is 0.125. The van der Waals surface area contributed by atoms with Gasteiger partial charge in [-0.3, -0.25) is 9.97 Å². The Morgan fingerprint density at radius 2 is 1.80 bits per heavy atom. The van der Waals surface area contributed by atoms with E-state index in [9.17, 15) is 0 Å². The molecule has 0 aliphatic heterocycles. The summed E-state index contributed by atoms with van der Waals surface area (Å²) in [5.41, 5.74) is 10.4. The van der Waals surface area contributed by atoms with Crippen LogP contribution in [0.25, 0.3) is 11.0 Å². The number of hydrogen-bond donors (Lipinski definition) is 1. The van der Waals surface area contributed by atoms with Crippen LogP contribution in [0.4, 0.5) is 0 Å². The van der Waals surface area contributed by atoms with Crippen molar-refractivity contribution in [2.75, 3.05) is 0 Å². The molecule has 3 aromatic rings. The van der Waals surface area contributed by atoms with E-state index < -0.39 is 0 Å². The van der Waals surface area contributed by atoms with Gasteiger partial charge in [-0.1, -0.05) is 34.1 Å². The average molecular weight is 328 g/mol. The Balaban J connectivity index is 1.86. The standard InChI is InChI=1S/C16H14BrN3/c17-13-3-1-2-11(8-13)9-14(18)12-4-5-15-16(10-12)20-7-6-19-15/h1-8,10,14H,9,18H2. The van der Waals surface area contributed by atoms with Crippen LogP contribution in [0.15, 0.2) is 59.3 Å². The molecule has 100 valence electrons. The summed E-state index contributed by atoms with van der Waals surface area (Å²) in [6.45, 7) is 0. The van der Waals surface area contributed by atoms with Gasteiger partial charge in [0.1, 0.15) is 0 Å². The van der Waals surface area contributed by atoms with Crippen LogP contribution in [0.1, 0.15) is 17.2 Å². The second-order valence-corrected chi connectivity index (χ2v) is 5.66. The van der Waals surface area contributed by atoms with Crippen LogP contribution in [-0.2, 0) is 6.42 Å². The molecule has 1 heterocycles. The van der Waals surface area contributed by atoms with Crippen molar-refractivity contribution in [1.29, 1.82) is 0 Å². The van der Waals surface area contributed by atoms with E-state index in [4.69, 9.17) is 5.73 Å². The Labute approximate surface area is 126 Å². The molecule has 1 atom stereocenters. The Morgan fingerprint density at radius 3 is 2.60 bits per heavy atom. The summed E-state index contributed by atoms with van der Waals surface area (Å²) >= 11 is 3.48. The van der Waals surface area contributed by atoms with Gasteiger partial charge in [-0.05, 0) is 41.8 Å². The van der Waals surface area contributed by atoms with Crippen LogP contribution in [0.2, 0.25) is 0 Å². The molecule has 0 saturated heterocycles. The molecule has 2 N–H and O–H groups in total. The molecule has 1 aromatic heterocycles. The molecular formula is C16H14BrN3. The Morgan fingerprint density at radius 1 is 1.00 bits per heavy atom. The zero-order chi connectivity index (χ0) is 13.9. The lowest BCUT2D eigenvalue weighted by Gasteiger charge is -2.13. The summed E-state index contributed by atoms with van der Waals surface area (Å²) in [6.07, 6.45) is 4.20. The second kappa shape index (κ2) is 5.69. The third-order valence-electron chi connectivity index (χ3n) is 3.27. The molecule has 3 rings (SSSR count). The van der Waals surface area contributed by atoms with Gasteiger partial charge in [0.25, 0.3) is 0 Å². The van der Waals surface area contributed by atoms with Crippen molar-refractivity contribution in [1.82, 2.24) is 9.97 Å². The predicted molar refractivity (Wildman–Crippen MR) is 84.3 cm³/mol. The number of halogens is 1. The van der Waals surface area contributed by atoms with Gasteiger partial charge in [0, 0.05) is 22.9 Å². The van der Waals surface area contributed by atoms with E-state index in [0.29, 0.717) is 0 Å². The number of benzene rings is 2. The first kappa shape index (κ1) is 13.2. The topological polar surface area (TPSA) is 51.8 Å². The van der Waals surface area contributed by atoms with E-state index in [1.807, 2.05) is 30.3 Å². The molecule has 0 bridgehead atoms. The van der Waals surface area contributed by atoms with Gasteiger partial charge in [-0.25, -0.2) is 0 Å². The predicted octanol–water partition coefficient (Wildman–Crippen LogP) is 3.63. The minimum atomic E-state index is -0.0456. The SMILES string of the molecule is NC(Cc1cccc(Br)c1)c1ccc2nccnc2c1. The maximum atomic E-state index is 6.30. The monoisotopic (exact) mass is 327 g/mol. The number of rotatable bonds is 3. The van der Waals surface area contributed by atoms with Crippen LogP contribution in [0, 0.1) is 0 Å². The van der Waals surface area contributed by atoms with Crippen LogP contribution in [0.3, 0.4) is 0 Å². The van der Waals surface area contributed by atoms with E-state index in [1.165, 1.54) is 5.56 Å². The molecule has 0 aliphatic rings. The number of hydrogen-bond acceptors (Lipinski definition) is 3. The molecule has 1 unspecified atom stereocenters. The van der Waals surface area contributed by atoms with Crippen molar-refractivity contribution in [2.45, 2.75) is 12.5 Å². The molecule has 0 spiro atoms. The van der Waals surface area contributed by atoms with E-state index in [2.05, 4.69) is 38.0 Å². The lowest BCUT2D eigenvalue weighted by molar-refractivity contribution is 0.722. The molecule has 0 aliphatic carbocycles. The summed E-state index contributed by atoms with van der Waals surface area (Å²) in [6, 6.07) is 14.2. The first-order valence-electron chi connectivity index (χ1n) is 6.43. The van der Waals surface area contributed by atoms with E-state index >= 15 is 0 Å². The molecule has 2 aromatic carbocycles. The molecule has 20 heavy (non-hydrogen) atoms. The van der Waals surface area contributed by atoms with Crippen molar-refractivity contribution in [3.8, 4) is 0 Å². The van der Waals surface area contributed by atoms with Gasteiger partial charge in [-0.2, -0.15) is 0 Å². The highest BCUT2D eigenvalue weighted by Crippen LogP contribution is 2.21. The maximum Gasteiger partial charge on any atom is 0.0890 e. The molecule has 3 nitrogen and oxygen atoms in total. The Hall–Kier alpha value is -1.78. The average Bonchev–Trinajstić information content (AvgIpc) is 2.47. The summed E-state index contributed by atoms with van der Waals surface area (Å²) in [7, 11) is 0. The Bertz CT molecular complexity index is 742. The summed E-state index contributed by atoms with van der Waals surface area (Å²) in [5.74, 6) is 0.